The number of carbonyl (C=O) groups excluding carboxylic acids is 3. The highest BCUT2D eigenvalue weighted by molar-refractivity contribution is 5.71. The van der Waals surface area contributed by atoms with E-state index in [0.717, 1.165) is 109 Å². The van der Waals surface area contributed by atoms with E-state index in [-0.39, 0.29) is 31.1 Å². The summed E-state index contributed by atoms with van der Waals surface area (Å²) in [4.78, 5) is 37.6. The first-order valence-electron chi connectivity index (χ1n) is 23.9. The van der Waals surface area contributed by atoms with E-state index < -0.39 is 6.10 Å². The number of unbranched alkanes of at least 4 members (excludes halogenated alkanes) is 19. The summed E-state index contributed by atoms with van der Waals surface area (Å²) in [6, 6.07) is 0. The van der Waals surface area contributed by atoms with Crippen LogP contribution in [0.15, 0.2) is 72.9 Å². The Hall–Kier alpha value is -3.15. The maximum Gasteiger partial charge on any atom is 0.306 e. The highest BCUT2D eigenvalue weighted by Crippen LogP contribution is 2.14. The fourth-order valence-corrected chi connectivity index (χ4v) is 6.38. The van der Waals surface area contributed by atoms with Crippen molar-refractivity contribution < 1.29 is 28.6 Å². The summed E-state index contributed by atoms with van der Waals surface area (Å²) in [6.07, 6.45) is 57.6. The molecule has 0 aliphatic heterocycles. The Balaban J connectivity index is 4.26. The third-order valence-electron chi connectivity index (χ3n) is 9.98. The lowest BCUT2D eigenvalue weighted by atomic mass is 10.1. The Morgan fingerprint density at radius 1 is 0.362 bits per heavy atom. The van der Waals surface area contributed by atoms with Crippen LogP contribution >= 0.6 is 0 Å². The van der Waals surface area contributed by atoms with Crippen molar-refractivity contribution >= 4 is 17.9 Å². The summed E-state index contributed by atoms with van der Waals surface area (Å²) in [6.45, 7) is 6.43. The molecule has 0 spiro atoms. The van der Waals surface area contributed by atoms with Crippen molar-refractivity contribution in [3.63, 3.8) is 0 Å². The van der Waals surface area contributed by atoms with Gasteiger partial charge in [0.2, 0.25) is 0 Å². The molecule has 0 saturated carbocycles. The fourth-order valence-electron chi connectivity index (χ4n) is 6.38. The average Bonchev–Trinajstić information content (AvgIpc) is 3.22. The number of hydrogen-bond donors (Lipinski definition) is 0. The minimum Gasteiger partial charge on any atom is -0.462 e. The minimum atomic E-state index is -0.779. The van der Waals surface area contributed by atoms with E-state index in [4.69, 9.17) is 14.2 Å². The lowest BCUT2D eigenvalue weighted by Gasteiger charge is -2.18. The van der Waals surface area contributed by atoms with E-state index in [1.807, 2.05) is 0 Å². The van der Waals surface area contributed by atoms with E-state index in [2.05, 4.69) is 93.7 Å². The van der Waals surface area contributed by atoms with Gasteiger partial charge in [-0.25, -0.2) is 0 Å². The molecule has 1 atom stereocenters. The predicted octanol–water partition coefficient (Wildman–Crippen LogP) is 15.5. The van der Waals surface area contributed by atoms with Crippen molar-refractivity contribution in [3.8, 4) is 0 Å². The van der Waals surface area contributed by atoms with E-state index in [9.17, 15) is 14.4 Å². The zero-order valence-corrected chi connectivity index (χ0v) is 37.8. The van der Waals surface area contributed by atoms with Crippen LogP contribution in [0.5, 0.6) is 0 Å². The van der Waals surface area contributed by atoms with Gasteiger partial charge < -0.3 is 14.2 Å². The van der Waals surface area contributed by atoms with E-state index in [0.29, 0.717) is 19.3 Å². The van der Waals surface area contributed by atoms with Gasteiger partial charge in [-0.1, -0.05) is 203 Å². The highest BCUT2D eigenvalue weighted by atomic mass is 16.6. The molecule has 332 valence electrons. The molecule has 0 aliphatic carbocycles. The summed E-state index contributed by atoms with van der Waals surface area (Å²) in [5.41, 5.74) is 0. The second kappa shape index (κ2) is 46.5. The normalized spacial score (nSPS) is 12.7. The molecule has 6 heteroatoms. The van der Waals surface area contributed by atoms with E-state index in [1.165, 1.54) is 70.6 Å². The number of hydrogen-bond acceptors (Lipinski definition) is 6. The van der Waals surface area contributed by atoms with Crippen molar-refractivity contribution in [2.45, 2.75) is 226 Å². The molecule has 0 fully saturated rings. The summed E-state index contributed by atoms with van der Waals surface area (Å²) in [5.74, 6) is -0.919. The SMILES string of the molecule is CC/C=C\C/C=C\C/C=C\C/C=C\C/C=C\C/C=C\CCCCCCC(=O)OCC(COC(=O)CCCCCCCCC)OC(=O)CCCCCCCCCCCC. The van der Waals surface area contributed by atoms with Crippen molar-refractivity contribution in [2.75, 3.05) is 13.2 Å². The van der Waals surface area contributed by atoms with Gasteiger partial charge in [0.05, 0.1) is 0 Å². The van der Waals surface area contributed by atoms with Crippen LogP contribution in [0.2, 0.25) is 0 Å². The van der Waals surface area contributed by atoms with Crippen molar-refractivity contribution in [3.05, 3.63) is 72.9 Å². The average molecular weight is 809 g/mol. The van der Waals surface area contributed by atoms with Gasteiger partial charge in [0.15, 0.2) is 6.10 Å². The quantitative estimate of drug-likeness (QED) is 0.0264. The second-order valence-corrected chi connectivity index (χ2v) is 15.6. The minimum absolute atomic E-state index is 0.0824. The molecule has 1 unspecified atom stereocenters. The van der Waals surface area contributed by atoms with Crippen LogP contribution in [-0.4, -0.2) is 37.2 Å². The standard InChI is InChI=1S/C52H88O6/c1-4-7-10-13-16-18-20-21-22-23-24-25-26-27-28-29-30-31-32-34-36-39-42-45-51(54)57-48-49(47-56-50(53)44-41-38-35-15-12-9-6-3)58-52(55)46-43-40-37-33-19-17-14-11-8-5-2/h7,10,16,18,21-22,24-25,27-28,30-31,49H,4-6,8-9,11-15,17,19-20,23,26,29,32-48H2,1-3H3/b10-7-,18-16-,22-21-,25-24-,28-27-,31-30-. The lowest BCUT2D eigenvalue weighted by molar-refractivity contribution is -0.167. The topological polar surface area (TPSA) is 78.9 Å². The van der Waals surface area contributed by atoms with Crippen LogP contribution in [0.25, 0.3) is 0 Å². The molecule has 0 aliphatic rings. The zero-order chi connectivity index (χ0) is 42.3. The number of esters is 3. The Morgan fingerprint density at radius 3 is 1.05 bits per heavy atom. The zero-order valence-electron chi connectivity index (χ0n) is 37.8. The van der Waals surface area contributed by atoms with Crippen LogP contribution in [0.1, 0.15) is 220 Å². The Labute approximate surface area is 357 Å². The molecule has 0 radical (unpaired) electrons. The Bertz CT molecular complexity index is 1110. The van der Waals surface area contributed by atoms with Gasteiger partial charge >= 0.3 is 17.9 Å². The van der Waals surface area contributed by atoms with Gasteiger partial charge in [0.25, 0.3) is 0 Å². The maximum atomic E-state index is 12.7. The van der Waals surface area contributed by atoms with Crippen LogP contribution in [0, 0.1) is 0 Å². The molecular formula is C52H88O6. The monoisotopic (exact) mass is 809 g/mol. The van der Waals surface area contributed by atoms with Gasteiger partial charge in [-0.15, -0.1) is 0 Å². The molecule has 0 N–H and O–H groups in total. The molecule has 0 bridgehead atoms. The molecule has 0 amide bonds. The lowest BCUT2D eigenvalue weighted by Crippen LogP contribution is -2.30. The molecule has 0 aromatic heterocycles. The summed E-state index contributed by atoms with van der Waals surface area (Å²) >= 11 is 0. The third kappa shape index (κ3) is 44.0. The number of rotatable bonds is 42. The Kier molecular flexibility index (Phi) is 44.0. The second-order valence-electron chi connectivity index (χ2n) is 15.6. The van der Waals surface area contributed by atoms with Crippen LogP contribution in [-0.2, 0) is 28.6 Å². The molecule has 0 heterocycles. The molecule has 0 aromatic rings. The summed E-state index contributed by atoms with van der Waals surface area (Å²) < 4.78 is 16.6. The smallest absolute Gasteiger partial charge is 0.306 e. The summed E-state index contributed by atoms with van der Waals surface area (Å²) in [7, 11) is 0. The van der Waals surface area contributed by atoms with Gasteiger partial charge in [0, 0.05) is 19.3 Å². The third-order valence-corrected chi connectivity index (χ3v) is 9.98. The Morgan fingerprint density at radius 2 is 0.672 bits per heavy atom. The first-order chi connectivity index (χ1) is 28.5. The first-order valence-corrected chi connectivity index (χ1v) is 23.9. The van der Waals surface area contributed by atoms with Gasteiger partial charge in [-0.05, 0) is 70.6 Å². The predicted molar refractivity (Wildman–Crippen MR) is 247 cm³/mol. The molecule has 6 nitrogen and oxygen atoms in total. The van der Waals surface area contributed by atoms with Gasteiger partial charge in [0.1, 0.15) is 13.2 Å². The van der Waals surface area contributed by atoms with E-state index in [1.54, 1.807) is 0 Å². The molecule has 58 heavy (non-hydrogen) atoms. The first kappa shape index (κ1) is 54.9. The molecule has 0 rings (SSSR count). The molecule has 0 saturated heterocycles. The largest absolute Gasteiger partial charge is 0.462 e. The van der Waals surface area contributed by atoms with Gasteiger partial charge in [-0.3, -0.25) is 14.4 Å². The number of allylic oxidation sites excluding steroid dienone is 12. The van der Waals surface area contributed by atoms with Crippen molar-refractivity contribution in [1.29, 1.82) is 0 Å². The van der Waals surface area contributed by atoms with E-state index >= 15 is 0 Å². The van der Waals surface area contributed by atoms with Crippen LogP contribution in [0.4, 0.5) is 0 Å². The molecule has 0 aromatic carbocycles. The maximum absolute atomic E-state index is 12.7. The number of carbonyl (C=O) groups is 3. The van der Waals surface area contributed by atoms with Gasteiger partial charge in [-0.2, -0.15) is 0 Å². The number of ether oxygens (including phenoxy) is 3. The fraction of sp³-hybridized carbons (Fsp3) is 0.712. The van der Waals surface area contributed by atoms with Crippen LogP contribution in [0.3, 0.4) is 0 Å². The molecular weight excluding hydrogens is 721 g/mol. The highest BCUT2D eigenvalue weighted by Gasteiger charge is 2.19. The van der Waals surface area contributed by atoms with Crippen molar-refractivity contribution in [2.24, 2.45) is 0 Å². The van der Waals surface area contributed by atoms with Crippen molar-refractivity contribution in [1.82, 2.24) is 0 Å². The summed E-state index contributed by atoms with van der Waals surface area (Å²) in [5, 5.41) is 0. The van der Waals surface area contributed by atoms with Crippen LogP contribution < -0.4 is 0 Å².